The molecule has 0 unspecified atom stereocenters. The fourth-order valence-corrected chi connectivity index (χ4v) is 4.83. The summed E-state index contributed by atoms with van der Waals surface area (Å²) in [5.41, 5.74) is 2.41. The number of hydrogen-bond acceptors (Lipinski definition) is 3. The first kappa shape index (κ1) is 15.0. The van der Waals surface area contributed by atoms with Gasteiger partial charge in [-0.25, -0.2) is 0 Å². The molecular formula is C15H23N3O2S. The molecule has 0 bridgehead atoms. The lowest BCUT2D eigenvalue weighted by Gasteiger charge is -2.36. The molecule has 1 aromatic carbocycles. The molecule has 1 fully saturated rings. The molecular weight excluding hydrogens is 286 g/mol. The smallest absolute Gasteiger partial charge is 0.282 e. The Bertz CT molecular complexity index is 595. The van der Waals surface area contributed by atoms with Gasteiger partial charge in [0, 0.05) is 32.2 Å². The summed E-state index contributed by atoms with van der Waals surface area (Å²) >= 11 is 0. The largest absolute Gasteiger partial charge is 0.317 e. The van der Waals surface area contributed by atoms with Crippen LogP contribution in [0.1, 0.15) is 24.0 Å². The summed E-state index contributed by atoms with van der Waals surface area (Å²) in [4.78, 5) is 0. The van der Waals surface area contributed by atoms with Gasteiger partial charge in [0.1, 0.15) is 0 Å². The Morgan fingerprint density at radius 1 is 1.05 bits per heavy atom. The zero-order chi connectivity index (χ0) is 14.9. The van der Waals surface area contributed by atoms with Gasteiger partial charge in [0.25, 0.3) is 10.2 Å². The summed E-state index contributed by atoms with van der Waals surface area (Å²) in [6, 6.07) is 8.57. The Morgan fingerprint density at radius 3 is 2.38 bits per heavy atom. The van der Waals surface area contributed by atoms with Crippen LogP contribution in [0.3, 0.4) is 0 Å². The molecule has 21 heavy (non-hydrogen) atoms. The van der Waals surface area contributed by atoms with Crippen molar-refractivity contribution in [3.05, 3.63) is 35.4 Å². The van der Waals surface area contributed by atoms with Gasteiger partial charge in [-0.15, -0.1) is 0 Å². The summed E-state index contributed by atoms with van der Waals surface area (Å²) in [6.45, 7) is 2.33. The van der Waals surface area contributed by atoms with Crippen molar-refractivity contribution in [2.24, 2.45) is 0 Å². The summed E-state index contributed by atoms with van der Waals surface area (Å²) < 4.78 is 28.8. The average molecular weight is 309 g/mol. The molecule has 2 aliphatic rings. The molecule has 0 radical (unpaired) electrons. The molecule has 0 aliphatic carbocycles. The van der Waals surface area contributed by atoms with E-state index in [1.807, 2.05) is 25.2 Å². The van der Waals surface area contributed by atoms with E-state index in [9.17, 15) is 8.42 Å². The Kier molecular flexibility index (Phi) is 4.31. The third kappa shape index (κ3) is 2.99. The van der Waals surface area contributed by atoms with Gasteiger partial charge in [-0.05, 0) is 37.4 Å². The van der Waals surface area contributed by atoms with E-state index in [1.165, 1.54) is 5.56 Å². The molecule has 0 amide bonds. The van der Waals surface area contributed by atoms with Crippen molar-refractivity contribution in [3.8, 4) is 0 Å². The molecule has 1 aromatic rings. The van der Waals surface area contributed by atoms with E-state index in [-0.39, 0.29) is 0 Å². The minimum Gasteiger partial charge on any atom is -0.317 e. The van der Waals surface area contributed by atoms with Crippen LogP contribution in [0.15, 0.2) is 24.3 Å². The van der Waals surface area contributed by atoms with Crippen LogP contribution in [-0.2, 0) is 23.2 Å². The molecule has 5 nitrogen and oxygen atoms in total. The Balaban J connectivity index is 1.72. The van der Waals surface area contributed by atoms with Crippen molar-refractivity contribution >= 4 is 10.2 Å². The Morgan fingerprint density at radius 2 is 1.71 bits per heavy atom. The zero-order valence-corrected chi connectivity index (χ0v) is 13.3. The van der Waals surface area contributed by atoms with Crippen molar-refractivity contribution in [1.29, 1.82) is 0 Å². The van der Waals surface area contributed by atoms with Gasteiger partial charge in [0.05, 0.1) is 0 Å². The molecule has 2 aliphatic heterocycles. The van der Waals surface area contributed by atoms with Gasteiger partial charge in [0.15, 0.2) is 0 Å². The minimum atomic E-state index is -3.32. The molecule has 0 spiro atoms. The second-order valence-corrected chi connectivity index (χ2v) is 7.75. The molecule has 2 heterocycles. The normalized spacial score (nSPS) is 22.1. The molecule has 1 saturated heterocycles. The van der Waals surface area contributed by atoms with E-state index >= 15 is 0 Å². The van der Waals surface area contributed by atoms with Crippen LogP contribution in [-0.4, -0.2) is 49.8 Å². The van der Waals surface area contributed by atoms with E-state index in [0.717, 1.165) is 24.8 Å². The van der Waals surface area contributed by atoms with E-state index < -0.39 is 10.2 Å². The van der Waals surface area contributed by atoms with Crippen molar-refractivity contribution in [3.63, 3.8) is 0 Å². The van der Waals surface area contributed by atoms with Crippen LogP contribution >= 0.6 is 0 Å². The highest BCUT2D eigenvalue weighted by molar-refractivity contribution is 7.86. The topological polar surface area (TPSA) is 52.7 Å². The van der Waals surface area contributed by atoms with Crippen molar-refractivity contribution in [2.75, 3.05) is 26.7 Å². The number of nitrogens with one attached hydrogen (secondary N) is 1. The van der Waals surface area contributed by atoms with Crippen molar-refractivity contribution < 1.29 is 8.42 Å². The van der Waals surface area contributed by atoms with Crippen molar-refractivity contribution in [2.45, 2.75) is 31.8 Å². The van der Waals surface area contributed by atoms with E-state index in [1.54, 1.807) is 8.61 Å². The number of fused-ring (bicyclic) bond motifs is 1. The molecule has 0 atom stereocenters. The fraction of sp³-hybridized carbons (Fsp3) is 0.600. The lowest BCUT2D eigenvalue weighted by Crippen LogP contribution is -2.50. The molecule has 1 N–H and O–H groups in total. The third-order valence-corrected chi connectivity index (χ3v) is 6.59. The first-order valence-electron chi connectivity index (χ1n) is 7.60. The maximum Gasteiger partial charge on any atom is 0.282 e. The molecule has 6 heteroatoms. The van der Waals surface area contributed by atoms with Gasteiger partial charge >= 0.3 is 0 Å². The zero-order valence-electron chi connectivity index (χ0n) is 12.5. The molecule has 3 rings (SSSR count). The highest BCUT2D eigenvalue weighted by Crippen LogP contribution is 2.24. The Hall–Kier alpha value is -0.950. The molecule has 116 valence electrons. The minimum absolute atomic E-state index is 0.443. The van der Waals surface area contributed by atoms with E-state index in [2.05, 4.69) is 11.4 Å². The summed E-state index contributed by atoms with van der Waals surface area (Å²) in [5.74, 6) is 0. The fourth-order valence-electron chi connectivity index (χ4n) is 3.21. The first-order chi connectivity index (χ1) is 10.1. The highest BCUT2D eigenvalue weighted by Gasteiger charge is 2.34. The molecule has 0 aromatic heterocycles. The van der Waals surface area contributed by atoms with Crippen LogP contribution in [0.25, 0.3) is 0 Å². The predicted octanol–water partition coefficient (Wildman–Crippen LogP) is 0.973. The summed E-state index contributed by atoms with van der Waals surface area (Å²) in [5, 5.41) is 3.23. The van der Waals surface area contributed by atoms with Crippen LogP contribution < -0.4 is 5.32 Å². The van der Waals surface area contributed by atoms with E-state index in [0.29, 0.717) is 32.2 Å². The van der Waals surface area contributed by atoms with Gasteiger partial charge in [-0.1, -0.05) is 24.3 Å². The summed E-state index contributed by atoms with van der Waals surface area (Å²) in [6.07, 6.45) is 2.59. The average Bonchev–Trinajstić information content (AvgIpc) is 2.54. The van der Waals surface area contributed by atoms with Gasteiger partial charge in [-0.2, -0.15) is 17.0 Å². The number of piperidine rings is 1. The Labute approximate surface area is 127 Å². The number of nitrogens with zero attached hydrogens (tertiary/aromatic N) is 2. The first-order valence-corrected chi connectivity index (χ1v) is 9.00. The predicted molar refractivity (Wildman–Crippen MR) is 83.1 cm³/mol. The van der Waals surface area contributed by atoms with Crippen LogP contribution in [0.2, 0.25) is 0 Å². The number of rotatable bonds is 3. The maximum absolute atomic E-state index is 12.8. The van der Waals surface area contributed by atoms with Crippen LogP contribution in [0.4, 0.5) is 0 Å². The van der Waals surface area contributed by atoms with Crippen molar-refractivity contribution in [1.82, 2.24) is 13.9 Å². The second-order valence-electron chi connectivity index (χ2n) is 5.82. The lowest BCUT2D eigenvalue weighted by molar-refractivity contribution is 0.268. The SMILES string of the molecule is CNC1CCN(S(=O)(=O)N2CCc3ccccc3C2)CC1. The molecule has 0 saturated carbocycles. The number of hydrogen-bond donors (Lipinski definition) is 1. The number of benzene rings is 1. The second kappa shape index (κ2) is 6.04. The van der Waals surface area contributed by atoms with Crippen LogP contribution in [0, 0.1) is 0 Å². The van der Waals surface area contributed by atoms with Crippen LogP contribution in [0.5, 0.6) is 0 Å². The standard InChI is InChI=1S/C15H23N3O2S/c1-16-15-7-10-17(11-8-15)21(19,20)18-9-6-13-4-2-3-5-14(13)12-18/h2-5,15-16H,6-12H2,1H3. The quantitative estimate of drug-likeness (QED) is 0.905. The monoisotopic (exact) mass is 309 g/mol. The lowest BCUT2D eigenvalue weighted by atomic mass is 10.0. The maximum atomic E-state index is 12.8. The third-order valence-electron chi connectivity index (χ3n) is 4.61. The van der Waals surface area contributed by atoms with Gasteiger partial charge < -0.3 is 5.32 Å². The van der Waals surface area contributed by atoms with Gasteiger partial charge in [0.2, 0.25) is 0 Å². The van der Waals surface area contributed by atoms with E-state index in [4.69, 9.17) is 0 Å². The summed E-state index contributed by atoms with van der Waals surface area (Å²) in [7, 11) is -1.38. The van der Waals surface area contributed by atoms with Gasteiger partial charge in [-0.3, -0.25) is 0 Å². The highest BCUT2D eigenvalue weighted by atomic mass is 32.2.